The highest BCUT2D eigenvalue weighted by Crippen LogP contribution is 2.40. The molecule has 17 heteroatoms. The fraction of sp³-hybridized carbons (Fsp3) is 0.417. The number of benzene rings is 2. The number of piperidine rings is 1. The molecule has 0 aliphatic carbocycles. The lowest BCUT2D eigenvalue weighted by Crippen LogP contribution is -2.63. The molecule has 5 aliphatic heterocycles. The van der Waals surface area contributed by atoms with E-state index in [1.807, 2.05) is 6.07 Å². The maximum absolute atomic E-state index is 13.5. The summed E-state index contributed by atoms with van der Waals surface area (Å²) in [5.41, 5.74) is -0.812. The second kappa shape index (κ2) is 12.2. The summed E-state index contributed by atoms with van der Waals surface area (Å²) < 4.78 is 41.9. The van der Waals surface area contributed by atoms with Crippen molar-refractivity contribution >= 4 is 52.3 Å². The van der Waals surface area contributed by atoms with Crippen LogP contribution in [0, 0.1) is 6.57 Å². The smallest absolute Gasteiger partial charge is 0.368 e. The highest BCUT2D eigenvalue weighted by Gasteiger charge is 2.50. The molecule has 2 bridgehead atoms. The Labute approximate surface area is 301 Å². The third kappa shape index (κ3) is 5.68. The summed E-state index contributed by atoms with van der Waals surface area (Å²) in [5, 5.41) is 9.21. The Morgan fingerprint density at radius 2 is 1.70 bits per heavy atom. The van der Waals surface area contributed by atoms with Crippen LogP contribution in [0.15, 0.2) is 48.8 Å². The average Bonchev–Trinajstić information content (AvgIpc) is 3.88. The Morgan fingerprint density at radius 3 is 2.38 bits per heavy atom. The van der Waals surface area contributed by atoms with Gasteiger partial charge in [-0.15, -0.1) is 0 Å². The average molecular weight is 730 g/mol. The maximum atomic E-state index is 13.5. The molecule has 6 heterocycles. The van der Waals surface area contributed by atoms with Gasteiger partial charge in [0.15, 0.2) is 5.69 Å². The predicted octanol–water partition coefficient (Wildman–Crippen LogP) is 3.38. The second-order valence-corrected chi connectivity index (χ2v) is 14.6. The summed E-state index contributed by atoms with van der Waals surface area (Å²) in [5.74, 6) is -2.70. The second-order valence-electron chi connectivity index (χ2n) is 14.6. The highest BCUT2D eigenvalue weighted by atomic mass is 19.4. The summed E-state index contributed by atoms with van der Waals surface area (Å²) in [4.78, 5) is 74.5. The number of halogens is 3. The first-order valence-corrected chi connectivity index (χ1v) is 17.2. The van der Waals surface area contributed by atoms with E-state index >= 15 is 0 Å². The van der Waals surface area contributed by atoms with Gasteiger partial charge in [-0.05, 0) is 57.0 Å². The van der Waals surface area contributed by atoms with Crippen molar-refractivity contribution in [2.45, 2.75) is 69.0 Å². The van der Waals surface area contributed by atoms with Crippen LogP contribution in [0.1, 0.15) is 59.4 Å². The third-order valence-corrected chi connectivity index (χ3v) is 11.1. The molecule has 14 nitrogen and oxygen atoms in total. The van der Waals surface area contributed by atoms with E-state index in [1.54, 1.807) is 38.4 Å². The van der Waals surface area contributed by atoms with E-state index in [4.69, 9.17) is 6.57 Å². The number of anilines is 3. The molecule has 0 radical (unpaired) electrons. The predicted molar refractivity (Wildman–Crippen MR) is 183 cm³/mol. The number of carbonyl (C=O) groups is 5. The molecule has 0 spiro atoms. The van der Waals surface area contributed by atoms with E-state index in [0.717, 1.165) is 61.0 Å². The lowest BCUT2D eigenvalue weighted by Gasteiger charge is -2.49. The van der Waals surface area contributed by atoms with Crippen molar-refractivity contribution in [2.24, 2.45) is 0 Å². The first-order valence-electron chi connectivity index (χ1n) is 17.2. The summed E-state index contributed by atoms with van der Waals surface area (Å²) >= 11 is 0. The number of rotatable bonds is 7. The quantitative estimate of drug-likeness (QED) is 0.276. The van der Waals surface area contributed by atoms with Gasteiger partial charge in [0.25, 0.3) is 17.7 Å². The number of imide groups is 2. The number of fused-ring (bicyclic) bond motifs is 3. The number of piperazine rings is 1. The van der Waals surface area contributed by atoms with Crippen molar-refractivity contribution in [3.63, 3.8) is 0 Å². The Bertz CT molecular complexity index is 2140. The number of likely N-dealkylation sites (tertiary alicyclic amines) is 1. The van der Waals surface area contributed by atoms with Gasteiger partial charge in [0.2, 0.25) is 11.8 Å². The molecule has 1 aromatic heterocycles. The van der Waals surface area contributed by atoms with Gasteiger partial charge in [-0.2, -0.15) is 18.3 Å². The highest BCUT2D eigenvalue weighted by molar-refractivity contribution is 6.23. The van der Waals surface area contributed by atoms with Gasteiger partial charge in [-0.1, -0.05) is 6.07 Å². The van der Waals surface area contributed by atoms with Crippen LogP contribution in [-0.4, -0.2) is 99.5 Å². The zero-order chi connectivity index (χ0) is 37.6. The number of nitrogens with zero attached hydrogens (tertiary/aromatic N) is 7. The van der Waals surface area contributed by atoms with Crippen molar-refractivity contribution in [3.8, 4) is 0 Å². The van der Waals surface area contributed by atoms with E-state index < -0.39 is 58.5 Å². The van der Waals surface area contributed by atoms with Gasteiger partial charge in [-0.25, -0.2) is 4.85 Å². The first-order chi connectivity index (χ1) is 25.1. The SMILES string of the molecule is [C-]#[N+]c1ccc(NC(=O)C(C)(C)n2cc(N3CC4CC3CN4C3CN(c4ccc5c(c4)C(=O)N(C4CCC(=O)NC4=O)C5=O)C3)cn2)cc1C(F)(F)F. The lowest BCUT2D eigenvalue weighted by molar-refractivity contribution is -0.137. The van der Waals surface area contributed by atoms with Crippen molar-refractivity contribution in [1.82, 2.24) is 24.9 Å². The van der Waals surface area contributed by atoms with Crippen molar-refractivity contribution < 1.29 is 37.1 Å². The number of amides is 5. The topological polar surface area (TPSA) is 145 Å². The molecule has 5 amide bonds. The monoisotopic (exact) mass is 729 g/mol. The molecule has 3 unspecified atom stereocenters. The van der Waals surface area contributed by atoms with Crippen LogP contribution in [-0.2, 0) is 26.1 Å². The van der Waals surface area contributed by atoms with Gasteiger partial charge < -0.3 is 15.1 Å². The normalized spacial score (nSPS) is 23.3. The van der Waals surface area contributed by atoms with Crippen LogP contribution in [0.3, 0.4) is 0 Å². The third-order valence-electron chi connectivity index (χ3n) is 11.1. The van der Waals surface area contributed by atoms with Gasteiger partial charge in [0.1, 0.15) is 11.6 Å². The van der Waals surface area contributed by atoms with Crippen LogP contribution in [0.2, 0.25) is 0 Å². The maximum Gasteiger partial charge on any atom is 0.407 e. The van der Waals surface area contributed by atoms with Crippen molar-refractivity contribution in [2.75, 3.05) is 41.3 Å². The molecule has 0 saturated carbocycles. The Balaban J connectivity index is 0.874. The summed E-state index contributed by atoms with van der Waals surface area (Å²) in [6, 6.07) is 8.04. The molecule has 4 saturated heterocycles. The minimum atomic E-state index is -4.74. The minimum Gasteiger partial charge on any atom is -0.368 e. The van der Waals surface area contributed by atoms with E-state index in [2.05, 4.69) is 35.3 Å². The van der Waals surface area contributed by atoms with Crippen LogP contribution in [0.5, 0.6) is 0 Å². The molecule has 3 atom stereocenters. The standard InChI is InChI=1S/C36H34F3N9O5/c1-35(2,34(53)42-19-4-7-28(40-3)27(10-19)36(37,38)39)47-18-23(13-41-47)45-16-22-11-21(45)17-46(22)24-14-44(15-24)20-5-6-25-26(12-20)33(52)48(32(25)51)29-8-9-30(49)43-31(29)50/h4-7,10,12-13,18,21-22,24,29H,8-9,11,14-17H2,1-2H3,(H,42,53)(H,43,49,50). The summed E-state index contributed by atoms with van der Waals surface area (Å²) in [6.07, 6.45) is -0.155. The largest absolute Gasteiger partial charge is 0.407 e. The minimum absolute atomic E-state index is 0.0590. The van der Waals surface area contributed by atoms with Gasteiger partial charge in [0.05, 0.1) is 35.1 Å². The fourth-order valence-electron chi connectivity index (χ4n) is 8.09. The molecule has 3 aromatic rings. The summed E-state index contributed by atoms with van der Waals surface area (Å²) in [6.45, 7) is 13.4. The van der Waals surface area contributed by atoms with Gasteiger partial charge >= 0.3 is 6.18 Å². The van der Waals surface area contributed by atoms with E-state index in [1.165, 1.54) is 10.7 Å². The van der Waals surface area contributed by atoms with Gasteiger partial charge in [-0.3, -0.25) is 43.8 Å². The van der Waals surface area contributed by atoms with Crippen molar-refractivity contribution in [1.29, 1.82) is 0 Å². The number of alkyl halides is 3. The molecule has 2 N–H and O–H groups in total. The first kappa shape index (κ1) is 34.3. The summed E-state index contributed by atoms with van der Waals surface area (Å²) in [7, 11) is 0. The van der Waals surface area contributed by atoms with Crippen LogP contribution in [0.25, 0.3) is 4.85 Å². The molecule has 53 heavy (non-hydrogen) atoms. The van der Waals surface area contributed by atoms with Crippen molar-refractivity contribution in [3.05, 3.63) is 76.9 Å². The number of aromatic nitrogens is 2. The number of nitrogens with one attached hydrogen (secondary N) is 2. The molecular weight excluding hydrogens is 695 g/mol. The number of hydrogen-bond donors (Lipinski definition) is 2. The number of carbonyl (C=O) groups excluding carboxylic acids is 5. The van der Waals surface area contributed by atoms with Gasteiger partial charge in [0, 0.05) is 68.3 Å². The fourth-order valence-corrected chi connectivity index (χ4v) is 8.09. The molecule has 5 aliphatic rings. The van der Waals surface area contributed by atoms with E-state index in [9.17, 15) is 37.1 Å². The Morgan fingerprint density at radius 1 is 0.943 bits per heavy atom. The molecule has 8 rings (SSSR count). The zero-order valence-electron chi connectivity index (χ0n) is 28.7. The number of hydrogen-bond acceptors (Lipinski definition) is 9. The van der Waals surface area contributed by atoms with Crippen LogP contribution in [0.4, 0.5) is 35.9 Å². The van der Waals surface area contributed by atoms with E-state index in [0.29, 0.717) is 12.1 Å². The van der Waals surface area contributed by atoms with Crippen LogP contribution >= 0.6 is 0 Å². The van der Waals surface area contributed by atoms with Crippen LogP contribution < -0.4 is 20.4 Å². The molecular formula is C36H34F3N9O5. The molecule has 2 aromatic carbocycles. The zero-order valence-corrected chi connectivity index (χ0v) is 28.7. The Kier molecular flexibility index (Phi) is 7.87. The van der Waals surface area contributed by atoms with E-state index in [-0.39, 0.29) is 35.7 Å². The Hall–Kier alpha value is -5.76. The molecule has 4 fully saturated rings. The molecule has 274 valence electrons. The lowest BCUT2D eigenvalue weighted by atomic mass is 10.0.